The molecule has 1 fully saturated rings. The summed E-state index contributed by atoms with van der Waals surface area (Å²) in [6, 6.07) is 11.2. The number of benzene rings is 1. The van der Waals surface area contributed by atoms with Crippen molar-refractivity contribution in [3.05, 3.63) is 65.5 Å². The Morgan fingerprint density at radius 1 is 1.17 bits per heavy atom. The maximum Gasteiger partial charge on any atom is 0.338 e. The van der Waals surface area contributed by atoms with Crippen LogP contribution in [0.4, 0.5) is 0 Å². The predicted octanol–water partition coefficient (Wildman–Crippen LogP) is 2.94. The van der Waals surface area contributed by atoms with Crippen LogP contribution in [0.3, 0.4) is 0 Å². The van der Waals surface area contributed by atoms with Gasteiger partial charge in [-0.3, -0.25) is 9.78 Å². The van der Waals surface area contributed by atoms with E-state index in [-0.39, 0.29) is 11.9 Å². The first kappa shape index (κ1) is 21.0. The van der Waals surface area contributed by atoms with Crippen LogP contribution in [-0.2, 0) is 11.2 Å². The number of likely N-dealkylation sites (tertiary alicyclic amines) is 1. The first-order chi connectivity index (χ1) is 14.2. The Labute approximate surface area is 172 Å². The van der Waals surface area contributed by atoms with Crippen molar-refractivity contribution in [2.75, 3.05) is 33.3 Å². The van der Waals surface area contributed by atoms with Gasteiger partial charge in [-0.15, -0.1) is 0 Å². The molecule has 1 aliphatic heterocycles. The van der Waals surface area contributed by atoms with Crippen LogP contribution in [0.5, 0.6) is 0 Å². The van der Waals surface area contributed by atoms with Gasteiger partial charge in [0, 0.05) is 25.5 Å². The summed E-state index contributed by atoms with van der Waals surface area (Å²) in [5.74, 6) is 0.336. The van der Waals surface area contributed by atoms with Crippen LogP contribution in [0.2, 0.25) is 0 Å². The molecule has 1 aromatic heterocycles. The summed E-state index contributed by atoms with van der Waals surface area (Å²) in [5, 5.41) is 2.96. The van der Waals surface area contributed by atoms with Gasteiger partial charge < -0.3 is 15.0 Å². The average molecular weight is 396 g/mol. The molecule has 6 heteroatoms. The molecule has 2 aromatic rings. The molecule has 0 radical (unpaired) electrons. The van der Waals surface area contributed by atoms with Gasteiger partial charge in [0.05, 0.1) is 18.2 Å². The highest BCUT2D eigenvalue weighted by Gasteiger charge is 2.20. The van der Waals surface area contributed by atoms with E-state index in [2.05, 4.69) is 15.2 Å². The summed E-state index contributed by atoms with van der Waals surface area (Å²) >= 11 is 0. The number of carbonyl (C=O) groups is 2. The summed E-state index contributed by atoms with van der Waals surface area (Å²) in [7, 11) is 1.42. The fourth-order valence-electron chi connectivity index (χ4n) is 3.83. The number of carbonyl (C=O) groups excluding carboxylic acids is 2. The Balaban J connectivity index is 1.37. The molecule has 0 spiro atoms. The zero-order chi connectivity index (χ0) is 20.5. The second kappa shape index (κ2) is 10.7. The zero-order valence-electron chi connectivity index (χ0n) is 17.0. The van der Waals surface area contributed by atoms with Crippen LogP contribution in [0.25, 0.3) is 0 Å². The monoisotopic (exact) mass is 395 g/mol. The van der Waals surface area contributed by atoms with E-state index in [0.717, 1.165) is 50.9 Å². The lowest BCUT2D eigenvalue weighted by Crippen LogP contribution is -2.39. The Morgan fingerprint density at radius 2 is 1.97 bits per heavy atom. The lowest BCUT2D eigenvalue weighted by atomic mass is 9.89. The van der Waals surface area contributed by atoms with Crippen molar-refractivity contribution in [2.45, 2.75) is 25.7 Å². The van der Waals surface area contributed by atoms with E-state index in [1.54, 1.807) is 24.5 Å². The van der Waals surface area contributed by atoms with E-state index >= 15 is 0 Å². The van der Waals surface area contributed by atoms with Gasteiger partial charge in [-0.1, -0.05) is 18.2 Å². The minimum absolute atomic E-state index is 0.0720. The quantitative estimate of drug-likeness (QED) is 0.696. The van der Waals surface area contributed by atoms with E-state index in [4.69, 9.17) is 4.74 Å². The van der Waals surface area contributed by atoms with Crippen LogP contribution in [0.1, 0.15) is 45.5 Å². The number of nitrogens with one attached hydrogen (secondary N) is 1. The van der Waals surface area contributed by atoms with Crippen molar-refractivity contribution in [1.82, 2.24) is 15.2 Å². The molecular weight excluding hydrogens is 366 g/mol. The van der Waals surface area contributed by atoms with E-state index in [1.165, 1.54) is 7.11 Å². The molecular formula is C23H29N3O3. The number of aromatic nitrogens is 1. The number of piperidine rings is 1. The van der Waals surface area contributed by atoms with Gasteiger partial charge in [0.2, 0.25) is 0 Å². The number of esters is 1. The minimum Gasteiger partial charge on any atom is -0.465 e. The fraction of sp³-hybridized carbons (Fsp3) is 0.435. The SMILES string of the molecule is COC(=O)c1ccccc1CCC1CCN(CCNC(=O)c2cccnc2)CC1. The standard InChI is InChI=1S/C23H29N3O3/c1-29-23(28)21-7-3-2-5-19(21)9-8-18-10-14-26(15-11-18)16-13-25-22(27)20-6-4-12-24-17-20/h2-7,12,17-18H,8-11,13-16H2,1H3,(H,25,27). The molecule has 1 aliphatic rings. The van der Waals surface area contributed by atoms with Gasteiger partial charge in [0.25, 0.3) is 5.91 Å². The van der Waals surface area contributed by atoms with Crippen LogP contribution in [-0.4, -0.2) is 55.0 Å². The van der Waals surface area contributed by atoms with Crippen molar-refractivity contribution < 1.29 is 14.3 Å². The van der Waals surface area contributed by atoms with Crippen molar-refractivity contribution in [3.63, 3.8) is 0 Å². The lowest BCUT2D eigenvalue weighted by molar-refractivity contribution is 0.0599. The third kappa shape index (κ3) is 6.12. The second-order valence-corrected chi connectivity index (χ2v) is 7.47. The topological polar surface area (TPSA) is 71.5 Å². The molecule has 0 saturated carbocycles. The first-order valence-electron chi connectivity index (χ1n) is 10.2. The van der Waals surface area contributed by atoms with Crippen molar-refractivity contribution in [2.24, 2.45) is 5.92 Å². The largest absolute Gasteiger partial charge is 0.465 e. The highest BCUT2D eigenvalue weighted by atomic mass is 16.5. The Morgan fingerprint density at radius 3 is 2.69 bits per heavy atom. The first-order valence-corrected chi connectivity index (χ1v) is 10.2. The average Bonchev–Trinajstić information content (AvgIpc) is 2.78. The summed E-state index contributed by atoms with van der Waals surface area (Å²) in [5.41, 5.74) is 2.34. The number of hydrogen-bond donors (Lipinski definition) is 1. The third-order valence-electron chi connectivity index (χ3n) is 5.59. The molecule has 29 heavy (non-hydrogen) atoms. The van der Waals surface area contributed by atoms with Crippen molar-refractivity contribution in [1.29, 1.82) is 0 Å². The van der Waals surface area contributed by atoms with Gasteiger partial charge in [-0.2, -0.15) is 0 Å². The summed E-state index contributed by atoms with van der Waals surface area (Å²) in [6.07, 6.45) is 7.53. The minimum atomic E-state index is -0.260. The number of rotatable bonds is 8. The van der Waals surface area contributed by atoms with E-state index < -0.39 is 0 Å². The summed E-state index contributed by atoms with van der Waals surface area (Å²) < 4.78 is 4.89. The molecule has 1 amide bonds. The van der Waals surface area contributed by atoms with Crippen molar-refractivity contribution >= 4 is 11.9 Å². The molecule has 1 aromatic carbocycles. The van der Waals surface area contributed by atoms with Crippen LogP contribution in [0.15, 0.2) is 48.8 Å². The molecule has 3 rings (SSSR count). The number of hydrogen-bond acceptors (Lipinski definition) is 5. The second-order valence-electron chi connectivity index (χ2n) is 7.47. The van der Waals surface area contributed by atoms with E-state index in [1.807, 2.05) is 24.3 Å². The molecule has 0 atom stereocenters. The summed E-state index contributed by atoms with van der Waals surface area (Å²) in [6.45, 7) is 3.60. The number of ether oxygens (including phenoxy) is 1. The van der Waals surface area contributed by atoms with Crippen LogP contribution >= 0.6 is 0 Å². The highest BCUT2D eigenvalue weighted by molar-refractivity contribution is 5.93. The highest BCUT2D eigenvalue weighted by Crippen LogP contribution is 2.23. The Kier molecular flexibility index (Phi) is 7.76. The van der Waals surface area contributed by atoms with Gasteiger partial charge >= 0.3 is 5.97 Å². The molecule has 6 nitrogen and oxygen atoms in total. The van der Waals surface area contributed by atoms with Crippen molar-refractivity contribution in [3.8, 4) is 0 Å². The van der Waals surface area contributed by atoms with Gasteiger partial charge in [0.15, 0.2) is 0 Å². The number of nitrogens with zero attached hydrogens (tertiary/aromatic N) is 2. The maximum atomic E-state index is 12.1. The Hall–Kier alpha value is -2.73. The molecule has 0 aliphatic carbocycles. The predicted molar refractivity (Wildman–Crippen MR) is 112 cm³/mol. The Bertz CT molecular complexity index is 802. The maximum absolute atomic E-state index is 12.1. The molecule has 2 heterocycles. The van der Waals surface area contributed by atoms with Gasteiger partial charge in [-0.05, 0) is 68.5 Å². The van der Waals surface area contributed by atoms with Crippen LogP contribution < -0.4 is 5.32 Å². The summed E-state index contributed by atoms with van der Waals surface area (Å²) in [4.78, 5) is 30.3. The number of methoxy groups -OCH3 is 1. The number of amides is 1. The molecule has 1 N–H and O–H groups in total. The molecule has 1 saturated heterocycles. The van der Waals surface area contributed by atoms with E-state index in [0.29, 0.717) is 23.6 Å². The van der Waals surface area contributed by atoms with Crippen LogP contribution in [0, 0.1) is 5.92 Å². The number of pyridine rings is 1. The number of aryl methyl sites for hydroxylation is 1. The van der Waals surface area contributed by atoms with E-state index in [9.17, 15) is 9.59 Å². The lowest BCUT2D eigenvalue weighted by Gasteiger charge is -2.32. The molecule has 0 bridgehead atoms. The fourth-order valence-corrected chi connectivity index (χ4v) is 3.83. The molecule has 154 valence electrons. The van der Waals surface area contributed by atoms with Gasteiger partial charge in [0.1, 0.15) is 0 Å². The zero-order valence-corrected chi connectivity index (χ0v) is 17.0. The normalized spacial score (nSPS) is 15.1. The molecule has 0 unspecified atom stereocenters. The smallest absolute Gasteiger partial charge is 0.338 e. The van der Waals surface area contributed by atoms with Gasteiger partial charge in [-0.25, -0.2) is 4.79 Å². The third-order valence-corrected chi connectivity index (χ3v) is 5.59.